The van der Waals surface area contributed by atoms with Crippen molar-refractivity contribution in [3.8, 4) is 11.5 Å². The second kappa shape index (κ2) is 14.1. The summed E-state index contributed by atoms with van der Waals surface area (Å²) in [5, 5.41) is 23.1. The number of hydrogen-bond acceptors (Lipinski definition) is 9. The van der Waals surface area contributed by atoms with Gasteiger partial charge in [0.25, 0.3) is 5.91 Å². The van der Waals surface area contributed by atoms with Gasteiger partial charge in [0.05, 0.1) is 17.2 Å². The lowest BCUT2D eigenvalue weighted by Gasteiger charge is -2.35. The number of halogens is 4. The van der Waals surface area contributed by atoms with E-state index in [-0.39, 0.29) is 38.4 Å². The Morgan fingerprint density at radius 3 is 2.10 bits per heavy atom. The Morgan fingerprint density at radius 1 is 1.02 bits per heavy atom. The third-order valence-electron chi connectivity index (χ3n) is 6.12. The number of hydrogen-bond donors (Lipinski definition) is 3. The van der Waals surface area contributed by atoms with Gasteiger partial charge in [0, 0.05) is 12.3 Å². The monoisotopic (exact) mass is 628 g/mol. The summed E-state index contributed by atoms with van der Waals surface area (Å²) >= 11 is 11.6. The lowest BCUT2D eigenvalue weighted by molar-refractivity contribution is -0.162. The zero-order valence-corrected chi connectivity index (χ0v) is 24.4. The summed E-state index contributed by atoms with van der Waals surface area (Å²) in [6.07, 6.45) is -1.32. The van der Waals surface area contributed by atoms with Crippen LogP contribution in [0.4, 0.5) is 8.78 Å². The van der Waals surface area contributed by atoms with Crippen LogP contribution in [0.2, 0.25) is 10.0 Å². The molecule has 1 unspecified atom stereocenters. The van der Waals surface area contributed by atoms with Gasteiger partial charge in [-0.2, -0.15) is 0 Å². The van der Waals surface area contributed by atoms with Crippen molar-refractivity contribution in [1.29, 1.82) is 0 Å². The third kappa shape index (κ3) is 7.44. The Kier molecular flexibility index (Phi) is 11.0. The van der Waals surface area contributed by atoms with Crippen LogP contribution in [-0.2, 0) is 19.9 Å². The van der Waals surface area contributed by atoms with Crippen LogP contribution in [0.1, 0.15) is 42.4 Å². The van der Waals surface area contributed by atoms with Gasteiger partial charge in [0.15, 0.2) is 35.9 Å². The maximum Gasteiger partial charge on any atom is 0.328 e. The number of esters is 1. The summed E-state index contributed by atoms with van der Waals surface area (Å²) in [5.74, 6) is -3.58. The molecule has 0 bridgehead atoms. The summed E-state index contributed by atoms with van der Waals surface area (Å²) in [5.41, 5.74) is -2.72. The Balaban J connectivity index is 1.85. The molecule has 3 atom stereocenters. The van der Waals surface area contributed by atoms with Gasteiger partial charge in [-0.3, -0.25) is 4.79 Å². The number of aliphatic hydroxyl groups is 2. The number of pyridine rings is 1. The van der Waals surface area contributed by atoms with E-state index in [4.69, 9.17) is 42.1 Å². The number of benzene rings is 2. The van der Waals surface area contributed by atoms with Crippen LogP contribution in [0.3, 0.4) is 0 Å². The standard InChI is InChI=1S/C28H28Cl2F2N2O8/c1-14(34-26(36)24-25(41-13-40-16(3)35)23(39-4)9-10-33-24)27(37)42-15(2)28(38,17-5-7-19(29)21(31)11-17)18-6-8-20(30)22(32)12-18/h5-12,14-16,35,38H,13H2,1-4H3,(H,34,36)/t14-,15-,16?/m0/s1. The molecule has 0 radical (unpaired) electrons. The van der Waals surface area contributed by atoms with Crippen molar-refractivity contribution in [2.45, 2.75) is 44.8 Å². The van der Waals surface area contributed by atoms with E-state index in [0.29, 0.717) is 0 Å². The molecule has 10 nitrogen and oxygen atoms in total. The van der Waals surface area contributed by atoms with Crippen LogP contribution < -0.4 is 14.8 Å². The fourth-order valence-corrected chi connectivity index (χ4v) is 4.11. The van der Waals surface area contributed by atoms with Crippen molar-refractivity contribution in [2.24, 2.45) is 0 Å². The quantitative estimate of drug-likeness (QED) is 0.197. The molecule has 0 aliphatic carbocycles. The molecule has 226 valence electrons. The SMILES string of the molecule is COc1ccnc(C(=O)N[C@@H](C)C(=O)O[C@@H](C)C(O)(c2ccc(Cl)c(F)c2)c2ccc(Cl)c(F)c2)c1OCOC(C)O. The first-order valence-corrected chi connectivity index (χ1v) is 13.1. The number of ether oxygens (including phenoxy) is 4. The van der Waals surface area contributed by atoms with Gasteiger partial charge in [0.1, 0.15) is 23.8 Å². The Morgan fingerprint density at radius 2 is 1.60 bits per heavy atom. The lowest BCUT2D eigenvalue weighted by Crippen LogP contribution is -2.46. The molecule has 3 aromatic rings. The topological polar surface area (TPSA) is 136 Å². The maximum atomic E-state index is 14.4. The molecule has 3 rings (SSSR count). The zero-order chi connectivity index (χ0) is 31.2. The van der Waals surface area contributed by atoms with Crippen molar-refractivity contribution in [3.63, 3.8) is 0 Å². The molecule has 0 aliphatic rings. The highest BCUT2D eigenvalue weighted by atomic mass is 35.5. The van der Waals surface area contributed by atoms with Crippen LogP contribution in [-0.4, -0.2) is 59.4 Å². The first kappa shape index (κ1) is 33.0. The minimum absolute atomic E-state index is 0.0927. The molecule has 0 spiro atoms. The van der Waals surface area contributed by atoms with E-state index in [1.807, 2.05) is 0 Å². The highest BCUT2D eigenvalue weighted by molar-refractivity contribution is 6.31. The van der Waals surface area contributed by atoms with Crippen LogP contribution in [0.25, 0.3) is 0 Å². The van der Waals surface area contributed by atoms with Crippen molar-refractivity contribution in [3.05, 3.63) is 87.2 Å². The number of nitrogens with zero attached hydrogens (tertiary/aromatic N) is 1. The van der Waals surface area contributed by atoms with E-state index in [1.54, 1.807) is 0 Å². The Bertz CT molecular complexity index is 1390. The van der Waals surface area contributed by atoms with Gasteiger partial charge >= 0.3 is 5.97 Å². The number of rotatable bonds is 12. The molecule has 1 aromatic heterocycles. The largest absolute Gasteiger partial charge is 0.493 e. The van der Waals surface area contributed by atoms with E-state index < -0.39 is 54.3 Å². The van der Waals surface area contributed by atoms with Crippen LogP contribution in [0, 0.1) is 11.6 Å². The number of nitrogens with one attached hydrogen (secondary N) is 1. The molecule has 42 heavy (non-hydrogen) atoms. The Labute approximate surface area is 250 Å². The van der Waals surface area contributed by atoms with E-state index in [9.17, 15) is 28.6 Å². The van der Waals surface area contributed by atoms with Crippen LogP contribution in [0.15, 0.2) is 48.7 Å². The Hall–Kier alpha value is -3.55. The second-order valence-electron chi connectivity index (χ2n) is 9.02. The highest BCUT2D eigenvalue weighted by Gasteiger charge is 2.42. The van der Waals surface area contributed by atoms with Crippen molar-refractivity contribution < 1.29 is 47.5 Å². The highest BCUT2D eigenvalue weighted by Crippen LogP contribution is 2.37. The van der Waals surface area contributed by atoms with Gasteiger partial charge in [-0.05, 0) is 56.2 Å². The lowest BCUT2D eigenvalue weighted by atomic mass is 9.82. The van der Waals surface area contributed by atoms with Crippen LogP contribution >= 0.6 is 23.2 Å². The molecule has 1 amide bonds. The maximum absolute atomic E-state index is 14.4. The molecule has 3 N–H and O–H groups in total. The predicted molar refractivity (Wildman–Crippen MR) is 147 cm³/mol. The van der Waals surface area contributed by atoms with E-state index >= 15 is 0 Å². The summed E-state index contributed by atoms with van der Waals surface area (Å²) in [7, 11) is 1.33. The van der Waals surface area contributed by atoms with Gasteiger partial charge in [-0.15, -0.1) is 0 Å². The first-order chi connectivity index (χ1) is 19.8. The molecular weight excluding hydrogens is 601 g/mol. The van der Waals surface area contributed by atoms with Crippen molar-refractivity contribution in [1.82, 2.24) is 10.3 Å². The normalized spacial score (nSPS) is 13.6. The number of aromatic nitrogens is 1. The van der Waals surface area contributed by atoms with E-state index in [1.165, 1.54) is 64.4 Å². The average Bonchev–Trinajstić information content (AvgIpc) is 2.95. The van der Waals surface area contributed by atoms with Crippen molar-refractivity contribution in [2.75, 3.05) is 13.9 Å². The van der Waals surface area contributed by atoms with Crippen LogP contribution in [0.5, 0.6) is 11.5 Å². The fourth-order valence-electron chi connectivity index (χ4n) is 3.87. The second-order valence-corrected chi connectivity index (χ2v) is 9.83. The fraction of sp³-hybridized carbons (Fsp3) is 0.321. The third-order valence-corrected chi connectivity index (χ3v) is 6.73. The number of carbonyl (C=O) groups excluding carboxylic acids is 2. The van der Waals surface area contributed by atoms with Gasteiger partial charge < -0.3 is 34.5 Å². The average molecular weight is 629 g/mol. The van der Waals surface area contributed by atoms with Gasteiger partial charge in [-0.25, -0.2) is 18.6 Å². The molecular formula is C28H28Cl2F2N2O8. The molecule has 1 heterocycles. The molecule has 2 aromatic carbocycles. The zero-order valence-electron chi connectivity index (χ0n) is 22.9. The van der Waals surface area contributed by atoms with Gasteiger partial charge in [-0.1, -0.05) is 35.3 Å². The van der Waals surface area contributed by atoms with E-state index in [0.717, 1.165) is 12.1 Å². The first-order valence-electron chi connectivity index (χ1n) is 12.4. The minimum atomic E-state index is -2.27. The number of methoxy groups -OCH3 is 1. The van der Waals surface area contributed by atoms with Gasteiger partial charge in [0.2, 0.25) is 0 Å². The van der Waals surface area contributed by atoms with Crippen molar-refractivity contribution >= 4 is 35.1 Å². The van der Waals surface area contributed by atoms with E-state index in [2.05, 4.69) is 10.3 Å². The number of aliphatic hydroxyl groups excluding tert-OH is 1. The number of carbonyl (C=O) groups is 2. The summed E-state index contributed by atoms with van der Waals surface area (Å²) in [6.45, 7) is 3.54. The molecule has 0 fully saturated rings. The minimum Gasteiger partial charge on any atom is -0.493 e. The molecule has 14 heteroatoms. The number of amides is 1. The molecule has 0 saturated heterocycles. The smallest absolute Gasteiger partial charge is 0.328 e. The summed E-state index contributed by atoms with van der Waals surface area (Å²) in [6, 6.07) is 6.96. The summed E-state index contributed by atoms with van der Waals surface area (Å²) in [4.78, 5) is 30.1. The molecule has 0 saturated carbocycles. The summed E-state index contributed by atoms with van der Waals surface area (Å²) < 4.78 is 49.8. The molecule has 0 aliphatic heterocycles. The predicted octanol–water partition coefficient (Wildman–Crippen LogP) is 4.35.